The minimum atomic E-state index is -0.575. The lowest BCUT2D eigenvalue weighted by molar-refractivity contribution is -0.135. The van der Waals surface area contributed by atoms with E-state index in [1.54, 1.807) is 34.7 Å². The van der Waals surface area contributed by atoms with Crippen LogP contribution in [0.3, 0.4) is 0 Å². The van der Waals surface area contributed by atoms with Gasteiger partial charge in [-0.2, -0.15) is 5.10 Å². The van der Waals surface area contributed by atoms with Crippen LogP contribution in [0, 0.1) is 19.7 Å². The van der Waals surface area contributed by atoms with E-state index in [0.717, 1.165) is 18.4 Å². The van der Waals surface area contributed by atoms with Gasteiger partial charge in [0.2, 0.25) is 0 Å². The first-order chi connectivity index (χ1) is 15.4. The quantitative estimate of drug-likeness (QED) is 0.501. The molecule has 0 N–H and O–H groups in total. The second-order valence-corrected chi connectivity index (χ2v) is 8.11. The standard InChI is InChI=1S/C25H26FN3O3/c1-17-24(18(2)29(27-17)14-19-8-4-3-5-9-19)25(31)32-16-23(30)28(21-12-13-21)15-20-10-6-7-11-22(20)26/h3-11,21H,12-16H2,1-2H3. The fraction of sp³-hybridized carbons (Fsp3) is 0.320. The maximum atomic E-state index is 14.0. The third-order valence-corrected chi connectivity index (χ3v) is 5.69. The topological polar surface area (TPSA) is 64.4 Å². The summed E-state index contributed by atoms with van der Waals surface area (Å²) in [7, 11) is 0. The number of aromatic nitrogens is 2. The second kappa shape index (κ2) is 9.34. The number of carbonyl (C=O) groups is 2. The fourth-order valence-corrected chi connectivity index (χ4v) is 3.80. The molecule has 32 heavy (non-hydrogen) atoms. The number of esters is 1. The summed E-state index contributed by atoms with van der Waals surface area (Å²) < 4.78 is 21.2. The Kier molecular flexibility index (Phi) is 6.35. The summed E-state index contributed by atoms with van der Waals surface area (Å²) in [4.78, 5) is 27.2. The Bertz CT molecular complexity index is 1120. The van der Waals surface area contributed by atoms with Gasteiger partial charge in [0, 0.05) is 18.2 Å². The van der Waals surface area contributed by atoms with Crippen LogP contribution in [0.4, 0.5) is 4.39 Å². The van der Waals surface area contributed by atoms with Crippen LogP contribution in [-0.2, 0) is 22.6 Å². The van der Waals surface area contributed by atoms with Crippen LogP contribution >= 0.6 is 0 Å². The molecule has 1 fully saturated rings. The Labute approximate surface area is 186 Å². The maximum Gasteiger partial charge on any atom is 0.342 e. The molecule has 1 saturated carbocycles. The van der Waals surface area contributed by atoms with Gasteiger partial charge in [-0.05, 0) is 38.3 Å². The van der Waals surface area contributed by atoms with E-state index < -0.39 is 5.97 Å². The Balaban J connectivity index is 1.41. The van der Waals surface area contributed by atoms with Crippen molar-refractivity contribution in [2.75, 3.05) is 6.61 Å². The van der Waals surface area contributed by atoms with Crippen LogP contribution in [0.1, 0.15) is 45.7 Å². The van der Waals surface area contributed by atoms with Crippen LogP contribution in [0.25, 0.3) is 0 Å². The number of aryl methyl sites for hydroxylation is 1. The molecule has 3 aromatic rings. The van der Waals surface area contributed by atoms with Crippen LogP contribution in [0.5, 0.6) is 0 Å². The first-order valence-electron chi connectivity index (χ1n) is 10.7. The van der Waals surface area contributed by atoms with Gasteiger partial charge in [0.15, 0.2) is 6.61 Å². The zero-order valence-electron chi connectivity index (χ0n) is 18.3. The third-order valence-electron chi connectivity index (χ3n) is 5.69. The number of ether oxygens (including phenoxy) is 1. The Morgan fingerprint density at radius 3 is 2.47 bits per heavy atom. The van der Waals surface area contributed by atoms with Gasteiger partial charge in [0.1, 0.15) is 11.4 Å². The van der Waals surface area contributed by atoms with E-state index in [4.69, 9.17) is 4.74 Å². The SMILES string of the molecule is Cc1nn(Cc2ccccc2)c(C)c1C(=O)OCC(=O)N(Cc1ccccc1F)C1CC1. The average Bonchev–Trinajstić information content (AvgIpc) is 3.58. The number of amides is 1. The van der Waals surface area contributed by atoms with Gasteiger partial charge >= 0.3 is 5.97 Å². The zero-order chi connectivity index (χ0) is 22.7. The molecule has 0 saturated heterocycles. The van der Waals surface area contributed by atoms with Gasteiger partial charge < -0.3 is 9.64 Å². The van der Waals surface area contributed by atoms with E-state index >= 15 is 0 Å². The summed E-state index contributed by atoms with van der Waals surface area (Å²) >= 11 is 0. The van der Waals surface area contributed by atoms with Crippen molar-refractivity contribution in [2.24, 2.45) is 0 Å². The van der Waals surface area contributed by atoms with E-state index in [0.29, 0.717) is 29.1 Å². The zero-order valence-corrected chi connectivity index (χ0v) is 18.3. The molecule has 1 amide bonds. The molecule has 1 aromatic heterocycles. The third kappa shape index (κ3) is 4.88. The summed E-state index contributed by atoms with van der Waals surface area (Å²) in [5, 5.41) is 4.47. The van der Waals surface area contributed by atoms with Crippen LogP contribution in [0.2, 0.25) is 0 Å². The lowest BCUT2D eigenvalue weighted by Gasteiger charge is -2.22. The number of hydrogen-bond acceptors (Lipinski definition) is 4. The highest BCUT2D eigenvalue weighted by molar-refractivity contribution is 5.93. The van der Waals surface area contributed by atoms with Crippen LogP contribution < -0.4 is 0 Å². The minimum Gasteiger partial charge on any atom is -0.452 e. The molecular weight excluding hydrogens is 409 g/mol. The van der Waals surface area contributed by atoms with Crippen molar-refractivity contribution in [2.45, 2.75) is 45.8 Å². The molecule has 0 bridgehead atoms. The number of carbonyl (C=O) groups excluding carboxylic acids is 2. The molecule has 1 aliphatic carbocycles. The number of rotatable bonds is 8. The molecule has 6 nitrogen and oxygen atoms in total. The van der Waals surface area contributed by atoms with Gasteiger partial charge in [0.25, 0.3) is 5.91 Å². The summed E-state index contributed by atoms with van der Waals surface area (Å²) in [6, 6.07) is 16.3. The predicted octanol–water partition coefficient (Wildman–Crippen LogP) is 4.04. The van der Waals surface area contributed by atoms with Gasteiger partial charge in [0.05, 0.1) is 17.9 Å². The number of nitrogens with zero attached hydrogens (tertiary/aromatic N) is 3. The lowest BCUT2D eigenvalue weighted by atomic mass is 10.2. The monoisotopic (exact) mass is 435 g/mol. The summed E-state index contributed by atoms with van der Waals surface area (Å²) in [5.74, 6) is -1.24. The van der Waals surface area contributed by atoms with Gasteiger partial charge in [-0.1, -0.05) is 48.5 Å². The second-order valence-electron chi connectivity index (χ2n) is 8.11. The molecule has 7 heteroatoms. The molecule has 1 aliphatic rings. The first-order valence-corrected chi connectivity index (χ1v) is 10.7. The van der Waals surface area contributed by atoms with E-state index in [1.165, 1.54) is 6.07 Å². The van der Waals surface area contributed by atoms with Crippen molar-refractivity contribution in [3.63, 3.8) is 0 Å². The summed E-state index contributed by atoms with van der Waals surface area (Å²) in [6.45, 7) is 3.89. The van der Waals surface area contributed by atoms with Gasteiger partial charge in [-0.3, -0.25) is 9.48 Å². The Hall–Kier alpha value is -3.48. The van der Waals surface area contributed by atoms with Crippen molar-refractivity contribution in [1.82, 2.24) is 14.7 Å². The van der Waals surface area contributed by atoms with E-state index in [9.17, 15) is 14.0 Å². The molecule has 166 valence electrons. The maximum absolute atomic E-state index is 14.0. The minimum absolute atomic E-state index is 0.0675. The normalized spacial score (nSPS) is 13.1. The number of hydrogen-bond donors (Lipinski definition) is 0. The summed E-state index contributed by atoms with van der Waals surface area (Å²) in [6.07, 6.45) is 1.75. The molecule has 1 heterocycles. The van der Waals surface area contributed by atoms with Crippen LogP contribution in [-0.4, -0.2) is 39.2 Å². The molecule has 0 radical (unpaired) electrons. The highest BCUT2D eigenvalue weighted by Crippen LogP contribution is 2.29. The predicted molar refractivity (Wildman–Crippen MR) is 117 cm³/mol. The van der Waals surface area contributed by atoms with Crippen molar-refractivity contribution < 1.29 is 18.7 Å². The Morgan fingerprint density at radius 2 is 1.78 bits per heavy atom. The van der Waals surface area contributed by atoms with Crippen molar-refractivity contribution in [3.8, 4) is 0 Å². The molecule has 0 spiro atoms. The van der Waals surface area contributed by atoms with Gasteiger partial charge in [-0.15, -0.1) is 0 Å². The molecule has 0 atom stereocenters. The van der Waals surface area contributed by atoms with E-state index in [-0.39, 0.29) is 30.9 Å². The largest absolute Gasteiger partial charge is 0.452 e. The van der Waals surface area contributed by atoms with Crippen molar-refractivity contribution in [3.05, 3.63) is 88.5 Å². The molecule has 4 rings (SSSR count). The molecule has 0 aliphatic heterocycles. The first kappa shape index (κ1) is 21.7. The Morgan fingerprint density at radius 1 is 1.09 bits per heavy atom. The highest BCUT2D eigenvalue weighted by Gasteiger charge is 2.33. The average molecular weight is 435 g/mol. The molecule has 0 unspecified atom stereocenters. The van der Waals surface area contributed by atoms with E-state index in [2.05, 4.69) is 5.10 Å². The highest BCUT2D eigenvalue weighted by atomic mass is 19.1. The molecule has 2 aromatic carbocycles. The smallest absolute Gasteiger partial charge is 0.342 e. The lowest BCUT2D eigenvalue weighted by Crippen LogP contribution is -2.36. The van der Waals surface area contributed by atoms with Crippen LogP contribution in [0.15, 0.2) is 54.6 Å². The van der Waals surface area contributed by atoms with Gasteiger partial charge in [-0.25, -0.2) is 9.18 Å². The van der Waals surface area contributed by atoms with E-state index in [1.807, 2.05) is 37.3 Å². The number of halogens is 1. The summed E-state index contributed by atoms with van der Waals surface area (Å²) in [5.41, 5.74) is 3.14. The van der Waals surface area contributed by atoms with Crippen molar-refractivity contribution in [1.29, 1.82) is 0 Å². The molecular formula is C25H26FN3O3. The fourth-order valence-electron chi connectivity index (χ4n) is 3.80. The number of benzene rings is 2. The van der Waals surface area contributed by atoms with Crippen molar-refractivity contribution >= 4 is 11.9 Å².